The third-order valence-electron chi connectivity index (χ3n) is 5.95. The Hall–Kier alpha value is -4.51. The Morgan fingerprint density at radius 3 is 2.18 bits per heavy atom. The second-order valence-electron chi connectivity index (χ2n) is 8.18. The lowest BCUT2D eigenvalue weighted by Crippen LogP contribution is -1.96. The molecule has 0 spiro atoms. The Balaban J connectivity index is 1.59. The normalized spacial score (nSPS) is 11.2. The molecular formula is C29H21FN4. The Bertz CT molecular complexity index is 1570. The van der Waals surface area contributed by atoms with E-state index in [2.05, 4.69) is 28.7 Å². The van der Waals surface area contributed by atoms with E-state index in [1.165, 1.54) is 17.7 Å². The highest BCUT2D eigenvalue weighted by molar-refractivity contribution is 5.81. The molecule has 0 radical (unpaired) electrons. The van der Waals surface area contributed by atoms with E-state index >= 15 is 0 Å². The van der Waals surface area contributed by atoms with Gasteiger partial charge in [-0.25, -0.2) is 14.1 Å². The van der Waals surface area contributed by atoms with E-state index in [1.807, 2.05) is 71.7 Å². The summed E-state index contributed by atoms with van der Waals surface area (Å²) in [5.74, 6) is -0.273. The lowest BCUT2D eigenvalue weighted by atomic mass is 10.0. The summed E-state index contributed by atoms with van der Waals surface area (Å²) in [4.78, 5) is 5.03. The first kappa shape index (κ1) is 20.1. The Morgan fingerprint density at radius 2 is 1.41 bits per heavy atom. The van der Waals surface area contributed by atoms with Gasteiger partial charge in [0, 0.05) is 29.9 Å². The molecule has 0 N–H and O–H groups in total. The molecule has 6 rings (SSSR count). The molecule has 0 amide bonds. The average molecular weight is 445 g/mol. The quantitative estimate of drug-likeness (QED) is 0.301. The molecule has 0 fully saturated rings. The molecule has 0 saturated carbocycles. The van der Waals surface area contributed by atoms with Crippen LogP contribution >= 0.6 is 0 Å². The Kier molecular flexibility index (Phi) is 5.00. The van der Waals surface area contributed by atoms with Crippen molar-refractivity contribution in [2.45, 2.75) is 6.42 Å². The molecule has 3 aromatic carbocycles. The van der Waals surface area contributed by atoms with Gasteiger partial charge in [0.2, 0.25) is 0 Å². The SMILES string of the molecule is Fc1ccc(-c2nn(-c3ccccc3)cc2-c2nc3ccccn3c2Cc2ccccc2)cc1. The smallest absolute Gasteiger partial charge is 0.137 e. The van der Waals surface area contributed by atoms with Gasteiger partial charge in [-0.2, -0.15) is 5.10 Å². The molecular weight excluding hydrogens is 423 g/mol. The molecule has 0 bridgehead atoms. The summed E-state index contributed by atoms with van der Waals surface area (Å²) in [7, 11) is 0. The topological polar surface area (TPSA) is 35.1 Å². The molecule has 164 valence electrons. The number of nitrogens with zero attached hydrogens (tertiary/aromatic N) is 4. The van der Waals surface area contributed by atoms with Crippen molar-refractivity contribution >= 4 is 5.65 Å². The first-order chi connectivity index (χ1) is 16.8. The van der Waals surface area contributed by atoms with Crippen molar-refractivity contribution < 1.29 is 4.39 Å². The fourth-order valence-corrected chi connectivity index (χ4v) is 4.30. The highest BCUT2D eigenvalue weighted by Crippen LogP contribution is 2.35. The zero-order valence-electron chi connectivity index (χ0n) is 18.3. The number of halogens is 1. The summed E-state index contributed by atoms with van der Waals surface area (Å²) in [5.41, 5.74) is 7.49. The standard InChI is InChI=1S/C29H21FN4/c30-23-16-14-22(15-17-23)28-25(20-34(32-28)24-11-5-2-6-12-24)29-26(19-21-9-3-1-4-10-21)33-18-8-7-13-27(33)31-29/h1-18,20H,19H2. The Labute approximate surface area is 196 Å². The van der Waals surface area contributed by atoms with Crippen LogP contribution in [-0.4, -0.2) is 19.2 Å². The third-order valence-corrected chi connectivity index (χ3v) is 5.95. The lowest BCUT2D eigenvalue weighted by molar-refractivity contribution is 0.628. The maximum atomic E-state index is 13.7. The van der Waals surface area contributed by atoms with Gasteiger partial charge in [-0.15, -0.1) is 0 Å². The average Bonchev–Trinajstić information content (AvgIpc) is 3.48. The first-order valence-corrected chi connectivity index (χ1v) is 11.2. The van der Waals surface area contributed by atoms with Gasteiger partial charge in [-0.1, -0.05) is 54.6 Å². The summed E-state index contributed by atoms with van der Waals surface area (Å²) in [6, 6.07) is 32.8. The van der Waals surface area contributed by atoms with Crippen LogP contribution in [0, 0.1) is 5.82 Å². The molecule has 0 unspecified atom stereocenters. The van der Waals surface area contributed by atoms with Crippen molar-refractivity contribution in [3.05, 3.63) is 133 Å². The molecule has 0 atom stereocenters. The number of fused-ring (bicyclic) bond motifs is 1. The van der Waals surface area contributed by atoms with Crippen molar-refractivity contribution in [2.24, 2.45) is 0 Å². The minimum absolute atomic E-state index is 0.273. The fourth-order valence-electron chi connectivity index (χ4n) is 4.30. The van der Waals surface area contributed by atoms with Gasteiger partial charge in [-0.05, 0) is 54.1 Å². The summed E-state index contributed by atoms with van der Waals surface area (Å²) in [6.07, 6.45) is 4.79. The van der Waals surface area contributed by atoms with Crippen molar-refractivity contribution in [1.82, 2.24) is 19.2 Å². The van der Waals surface area contributed by atoms with Gasteiger partial charge < -0.3 is 4.40 Å². The second-order valence-corrected chi connectivity index (χ2v) is 8.18. The number of pyridine rings is 1. The number of imidazole rings is 1. The van der Waals surface area contributed by atoms with Crippen LogP contribution in [0.15, 0.2) is 116 Å². The maximum absolute atomic E-state index is 13.7. The number of benzene rings is 3. The monoisotopic (exact) mass is 444 g/mol. The van der Waals surface area contributed by atoms with Crippen molar-refractivity contribution in [3.8, 4) is 28.2 Å². The maximum Gasteiger partial charge on any atom is 0.137 e. The van der Waals surface area contributed by atoms with Crippen molar-refractivity contribution in [3.63, 3.8) is 0 Å². The number of hydrogen-bond donors (Lipinski definition) is 0. The van der Waals surface area contributed by atoms with E-state index in [0.29, 0.717) is 0 Å². The van der Waals surface area contributed by atoms with Gasteiger partial charge in [0.15, 0.2) is 0 Å². The van der Waals surface area contributed by atoms with E-state index in [9.17, 15) is 4.39 Å². The molecule has 5 heteroatoms. The van der Waals surface area contributed by atoms with Crippen molar-refractivity contribution in [2.75, 3.05) is 0 Å². The molecule has 3 aromatic heterocycles. The van der Waals surface area contributed by atoms with Gasteiger partial charge in [0.05, 0.1) is 17.1 Å². The van der Waals surface area contributed by atoms with Gasteiger partial charge in [0.25, 0.3) is 0 Å². The number of para-hydroxylation sites is 1. The molecule has 0 aliphatic heterocycles. The molecule has 3 heterocycles. The number of rotatable bonds is 5. The zero-order valence-corrected chi connectivity index (χ0v) is 18.3. The second kappa shape index (κ2) is 8.45. The van der Waals surface area contributed by atoms with Crippen LogP contribution in [0.2, 0.25) is 0 Å². The summed E-state index contributed by atoms with van der Waals surface area (Å²) in [5, 5.41) is 4.92. The third kappa shape index (κ3) is 3.67. The van der Waals surface area contributed by atoms with Crippen LogP contribution in [0.25, 0.3) is 33.8 Å². The summed E-state index contributed by atoms with van der Waals surface area (Å²) in [6.45, 7) is 0. The zero-order chi connectivity index (χ0) is 22.9. The molecule has 34 heavy (non-hydrogen) atoms. The molecule has 0 saturated heterocycles. The van der Waals surface area contributed by atoms with E-state index in [0.717, 1.165) is 46.0 Å². The van der Waals surface area contributed by atoms with Crippen molar-refractivity contribution in [1.29, 1.82) is 0 Å². The first-order valence-electron chi connectivity index (χ1n) is 11.2. The van der Waals surface area contributed by atoms with Crippen LogP contribution in [0.1, 0.15) is 11.3 Å². The molecule has 4 nitrogen and oxygen atoms in total. The van der Waals surface area contributed by atoms with Crippen LogP contribution < -0.4 is 0 Å². The highest BCUT2D eigenvalue weighted by Gasteiger charge is 2.21. The van der Waals surface area contributed by atoms with Crippen LogP contribution in [0.5, 0.6) is 0 Å². The molecule has 0 aliphatic carbocycles. The fraction of sp³-hybridized carbons (Fsp3) is 0.0345. The predicted molar refractivity (Wildman–Crippen MR) is 132 cm³/mol. The summed E-state index contributed by atoms with van der Waals surface area (Å²) >= 11 is 0. The van der Waals surface area contributed by atoms with E-state index in [1.54, 1.807) is 12.1 Å². The largest absolute Gasteiger partial charge is 0.303 e. The van der Waals surface area contributed by atoms with Crippen LogP contribution in [0.3, 0.4) is 0 Å². The van der Waals surface area contributed by atoms with Crippen LogP contribution in [0.4, 0.5) is 4.39 Å². The minimum Gasteiger partial charge on any atom is -0.303 e. The Morgan fingerprint density at radius 1 is 0.706 bits per heavy atom. The number of aromatic nitrogens is 4. The minimum atomic E-state index is -0.273. The van der Waals surface area contributed by atoms with Crippen LogP contribution in [-0.2, 0) is 6.42 Å². The van der Waals surface area contributed by atoms with E-state index in [4.69, 9.17) is 10.1 Å². The summed E-state index contributed by atoms with van der Waals surface area (Å²) < 4.78 is 17.7. The molecule has 6 aromatic rings. The molecule has 0 aliphatic rings. The van der Waals surface area contributed by atoms with E-state index in [-0.39, 0.29) is 5.82 Å². The van der Waals surface area contributed by atoms with E-state index < -0.39 is 0 Å². The van der Waals surface area contributed by atoms with Gasteiger partial charge in [0.1, 0.15) is 17.2 Å². The van der Waals surface area contributed by atoms with Gasteiger partial charge in [-0.3, -0.25) is 0 Å². The van der Waals surface area contributed by atoms with Gasteiger partial charge >= 0.3 is 0 Å². The number of hydrogen-bond acceptors (Lipinski definition) is 2. The highest BCUT2D eigenvalue weighted by atomic mass is 19.1. The predicted octanol–water partition coefficient (Wildman–Crippen LogP) is 6.58. The lowest BCUT2D eigenvalue weighted by Gasteiger charge is -2.06.